The third kappa shape index (κ3) is 4.05. The van der Waals surface area contributed by atoms with Crippen LogP contribution in [0.1, 0.15) is 42.7 Å². The number of nitrogens with zero attached hydrogens (tertiary/aromatic N) is 3. The van der Waals surface area contributed by atoms with Gasteiger partial charge in [0.25, 0.3) is 5.91 Å². The summed E-state index contributed by atoms with van der Waals surface area (Å²) in [7, 11) is 1.44. The first-order chi connectivity index (χ1) is 18.8. The van der Waals surface area contributed by atoms with Crippen LogP contribution in [0.4, 0.5) is 29.1 Å². The molecule has 0 unspecified atom stereocenters. The summed E-state index contributed by atoms with van der Waals surface area (Å²) < 4.78 is 67.0. The molecule has 9 nitrogen and oxygen atoms in total. The number of fused-ring (bicyclic) bond motifs is 5. The molecule has 1 amide bonds. The molecule has 0 radical (unpaired) electrons. The second-order valence-corrected chi connectivity index (χ2v) is 10.9. The molecule has 0 spiro atoms. The Kier molecular flexibility index (Phi) is 5.81. The number of rotatable bonds is 3. The zero-order chi connectivity index (χ0) is 28.7. The molecule has 40 heavy (non-hydrogen) atoms. The van der Waals surface area contributed by atoms with Gasteiger partial charge in [-0.05, 0) is 57.4 Å². The molecule has 2 bridgehead atoms. The van der Waals surface area contributed by atoms with E-state index in [0.29, 0.717) is 12.4 Å². The summed E-state index contributed by atoms with van der Waals surface area (Å²) in [4.78, 5) is 24.2. The van der Waals surface area contributed by atoms with Gasteiger partial charge in [0.2, 0.25) is 5.88 Å². The zero-order valence-electron chi connectivity index (χ0n) is 22.2. The minimum absolute atomic E-state index is 0.00349. The van der Waals surface area contributed by atoms with Crippen LogP contribution in [-0.2, 0) is 0 Å². The molecular formula is C27H28F4N6O3. The van der Waals surface area contributed by atoms with E-state index in [2.05, 4.69) is 32.2 Å². The van der Waals surface area contributed by atoms with Gasteiger partial charge in [0.1, 0.15) is 29.1 Å². The number of carbonyl (C=O) groups is 1. The van der Waals surface area contributed by atoms with Crippen molar-refractivity contribution in [3.8, 4) is 22.9 Å². The molecule has 4 atom stereocenters. The molecule has 3 aromatic rings. The van der Waals surface area contributed by atoms with Crippen molar-refractivity contribution in [3.63, 3.8) is 0 Å². The third-order valence-electron chi connectivity index (χ3n) is 8.09. The number of anilines is 2. The number of aromatic nitrogens is 2. The summed E-state index contributed by atoms with van der Waals surface area (Å²) in [6.45, 7) is 6.04. The Hall–Kier alpha value is -3.87. The number of hydrogen-bond donors (Lipinski definition) is 3. The van der Waals surface area contributed by atoms with Crippen LogP contribution in [0.25, 0.3) is 22.0 Å². The summed E-state index contributed by atoms with van der Waals surface area (Å²) in [5, 5.41) is 6.45. The van der Waals surface area contributed by atoms with Gasteiger partial charge in [0.05, 0.1) is 11.4 Å². The molecule has 0 saturated carbocycles. The molecule has 4 N–H and O–H groups in total. The van der Waals surface area contributed by atoms with Crippen molar-refractivity contribution >= 4 is 28.2 Å². The number of benzene rings is 1. The lowest BCUT2D eigenvalue weighted by atomic mass is 9.95. The smallest absolute Gasteiger partial charge is 0.472 e. The average molecular weight is 561 g/mol. The lowest BCUT2D eigenvalue weighted by Crippen LogP contribution is -2.66. The van der Waals surface area contributed by atoms with Crippen LogP contribution in [0, 0.1) is 12.7 Å². The number of nitrogens with two attached hydrogens (primary N) is 1. The van der Waals surface area contributed by atoms with E-state index in [1.165, 1.54) is 20.0 Å². The lowest BCUT2D eigenvalue weighted by molar-refractivity contribution is -0.274. The first-order valence-electron chi connectivity index (χ1n) is 12.9. The fraction of sp³-hybridized carbons (Fsp3) is 0.444. The normalized spacial score (nSPS) is 25.3. The van der Waals surface area contributed by atoms with E-state index in [0.717, 1.165) is 25.0 Å². The first kappa shape index (κ1) is 26.4. The topological polar surface area (TPSA) is 115 Å². The van der Waals surface area contributed by atoms with Crippen LogP contribution in [0.15, 0.2) is 18.2 Å². The molecule has 1 aromatic carbocycles. The molecule has 5 heterocycles. The number of pyridine rings is 2. The number of halogens is 4. The van der Waals surface area contributed by atoms with Crippen molar-refractivity contribution in [2.45, 2.75) is 63.7 Å². The second kappa shape index (κ2) is 8.82. The van der Waals surface area contributed by atoms with E-state index in [1.807, 2.05) is 6.92 Å². The summed E-state index contributed by atoms with van der Waals surface area (Å²) in [5.74, 6) is -1.79. The summed E-state index contributed by atoms with van der Waals surface area (Å²) >= 11 is 0. The Balaban J connectivity index is 1.68. The number of ether oxygens (including phenoxy) is 2. The Morgan fingerprint density at radius 2 is 2.05 bits per heavy atom. The highest BCUT2D eigenvalue weighted by Crippen LogP contribution is 2.48. The molecule has 0 aliphatic carbocycles. The number of hydrogen-bond acceptors (Lipinski definition) is 8. The van der Waals surface area contributed by atoms with Crippen LogP contribution in [0.2, 0.25) is 0 Å². The monoisotopic (exact) mass is 560 g/mol. The van der Waals surface area contributed by atoms with E-state index in [1.54, 1.807) is 0 Å². The quantitative estimate of drug-likeness (QED) is 0.325. The van der Waals surface area contributed by atoms with Gasteiger partial charge in [0.15, 0.2) is 5.82 Å². The van der Waals surface area contributed by atoms with Crippen LogP contribution >= 0.6 is 0 Å². The van der Waals surface area contributed by atoms with Crippen LogP contribution in [0.5, 0.6) is 11.6 Å². The molecular weight excluding hydrogens is 532 g/mol. The van der Waals surface area contributed by atoms with Crippen molar-refractivity contribution in [2.75, 3.05) is 24.2 Å². The van der Waals surface area contributed by atoms with Gasteiger partial charge in [-0.15, -0.1) is 13.2 Å². The van der Waals surface area contributed by atoms with Crippen molar-refractivity contribution in [2.24, 2.45) is 0 Å². The zero-order valence-corrected chi connectivity index (χ0v) is 22.2. The van der Waals surface area contributed by atoms with Gasteiger partial charge in [0, 0.05) is 41.8 Å². The summed E-state index contributed by atoms with van der Waals surface area (Å²) in [6.07, 6.45) is -3.70. The summed E-state index contributed by atoms with van der Waals surface area (Å²) in [5.41, 5.74) is 5.18. The second-order valence-electron chi connectivity index (χ2n) is 10.9. The number of nitrogen functional groups attached to an aromatic ring is 1. The number of nitrogens with one attached hydrogen (secondary N) is 2. The molecule has 2 fully saturated rings. The lowest BCUT2D eigenvalue weighted by Gasteiger charge is -2.46. The maximum absolute atomic E-state index is 16.6. The number of alkyl halides is 3. The number of aryl methyl sites for hydroxylation is 1. The van der Waals surface area contributed by atoms with E-state index in [-0.39, 0.29) is 56.8 Å². The molecule has 6 rings (SSSR count). The molecule has 13 heteroatoms. The molecule has 2 saturated heterocycles. The van der Waals surface area contributed by atoms with E-state index in [9.17, 15) is 18.0 Å². The van der Waals surface area contributed by atoms with Gasteiger partial charge in [-0.25, -0.2) is 14.4 Å². The van der Waals surface area contributed by atoms with E-state index >= 15 is 4.39 Å². The summed E-state index contributed by atoms with van der Waals surface area (Å²) in [6, 6.07) is 3.21. The van der Waals surface area contributed by atoms with Crippen LogP contribution in [0.3, 0.4) is 0 Å². The van der Waals surface area contributed by atoms with Crippen molar-refractivity contribution in [1.82, 2.24) is 20.6 Å². The molecule has 2 aromatic heterocycles. The highest BCUT2D eigenvalue weighted by molar-refractivity contribution is 6.07. The first-order valence-corrected chi connectivity index (χ1v) is 12.9. The fourth-order valence-electron chi connectivity index (χ4n) is 6.41. The Morgan fingerprint density at radius 1 is 1.30 bits per heavy atom. The van der Waals surface area contributed by atoms with E-state index in [4.69, 9.17) is 15.5 Å². The standard InChI is InChI=1S/C27H28F4N6O3/c1-11-17-18-23(34-20(11)24(38)33-4)37-10-26(3)8-7-15(36-26)22(37)12(2)39-25(18)35-21(19(17)28)14-9-13(32)5-6-16(14)40-27(29,30)31/h5-6,9,12,15,22,36H,7-8,10,32H2,1-4H3,(H,33,38)/t12-,15-,22+,26+/m0/s1. The SMILES string of the molecule is CNC(=O)c1nc2c3c(nc(-c4cc(N)ccc4OC(F)(F)F)c(F)c3c1C)O[C@@H](C)[C@@H]1[C@@H]3CC[C@](C)(CN21)N3. The van der Waals surface area contributed by atoms with Gasteiger partial charge in [-0.2, -0.15) is 0 Å². The highest BCUT2D eigenvalue weighted by atomic mass is 19.4. The molecule has 212 valence electrons. The van der Waals surface area contributed by atoms with Crippen LogP contribution in [-0.4, -0.2) is 59.6 Å². The number of amides is 1. The molecule has 3 aliphatic heterocycles. The Labute approximate surface area is 227 Å². The minimum Gasteiger partial charge on any atom is -0.472 e. The van der Waals surface area contributed by atoms with E-state index < -0.39 is 35.6 Å². The largest absolute Gasteiger partial charge is 0.573 e. The fourth-order valence-corrected chi connectivity index (χ4v) is 6.41. The highest BCUT2D eigenvalue weighted by Gasteiger charge is 2.51. The Morgan fingerprint density at radius 3 is 2.75 bits per heavy atom. The van der Waals surface area contributed by atoms with Gasteiger partial charge >= 0.3 is 6.36 Å². The number of carbonyl (C=O) groups excluding carboxylic acids is 1. The van der Waals surface area contributed by atoms with Crippen LogP contribution < -0.4 is 30.7 Å². The maximum atomic E-state index is 16.6. The predicted molar refractivity (Wildman–Crippen MR) is 140 cm³/mol. The minimum atomic E-state index is -5.04. The maximum Gasteiger partial charge on any atom is 0.573 e. The van der Waals surface area contributed by atoms with Crippen molar-refractivity contribution < 1.29 is 31.8 Å². The van der Waals surface area contributed by atoms with Gasteiger partial charge in [-0.3, -0.25) is 4.79 Å². The molecule has 3 aliphatic rings. The van der Waals surface area contributed by atoms with Crippen molar-refractivity contribution in [1.29, 1.82) is 0 Å². The van der Waals surface area contributed by atoms with Crippen molar-refractivity contribution in [3.05, 3.63) is 35.3 Å². The third-order valence-corrected chi connectivity index (χ3v) is 8.09. The van der Waals surface area contributed by atoms with Gasteiger partial charge in [-0.1, -0.05) is 0 Å². The van der Waals surface area contributed by atoms with Gasteiger partial charge < -0.3 is 30.7 Å². The predicted octanol–water partition coefficient (Wildman–Crippen LogP) is 4.06. The Bertz CT molecular complexity index is 1560. The average Bonchev–Trinajstić information content (AvgIpc) is 3.13. The number of piperazine rings is 1.